The van der Waals surface area contributed by atoms with Gasteiger partial charge in [-0.2, -0.15) is 0 Å². The van der Waals surface area contributed by atoms with Crippen molar-refractivity contribution >= 4 is 0 Å². The summed E-state index contributed by atoms with van der Waals surface area (Å²) in [5, 5.41) is 10.2. The Morgan fingerprint density at radius 3 is 2.92 bits per heavy atom. The fourth-order valence-electron chi connectivity index (χ4n) is 1.82. The van der Waals surface area contributed by atoms with E-state index in [1.165, 1.54) is 0 Å². The third kappa shape index (κ3) is 1.63. The Kier molecular flexibility index (Phi) is 3.09. The Morgan fingerprint density at radius 2 is 2.42 bits per heavy atom. The average Bonchev–Trinajstić information content (AvgIpc) is 2.09. The Morgan fingerprint density at radius 1 is 1.75 bits per heavy atom. The molecule has 1 saturated heterocycles. The molecule has 0 aromatic rings. The summed E-state index contributed by atoms with van der Waals surface area (Å²) in [5.74, 6) is 0.362. The van der Waals surface area contributed by atoms with Crippen LogP contribution in [0.25, 0.3) is 0 Å². The van der Waals surface area contributed by atoms with Crippen molar-refractivity contribution in [3.05, 3.63) is 0 Å². The zero-order chi connectivity index (χ0) is 9.19. The molecular weight excluding hydrogens is 154 g/mol. The highest BCUT2D eigenvalue weighted by Gasteiger charge is 2.40. The molecule has 0 saturated carbocycles. The molecular formula is C9H19NO2. The summed E-state index contributed by atoms with van der Waals surface area (Å²) >= 11 is 0. The van der Waals surface area contributed by atoms with Crippen molar-refractivity contribution in [2.75, 3.05) is 19.8 Å². The predicted molar refractivity (Wildman–Crippen MR) is 47.8 cm³/mol. The largest absolute Gasteiger partial charge is 0.389 e. The maximum Gasteiger partial charge on any atom is 0.0754 e. The molecule has 3 unspecified atom stereocenters. The monoisotopic (exact) mass is 173 g/mol. The fourth-order valence-corrected chi connectivity index (χ4v) is 1.82. The van der Waals surface area contributed by atoms with E-state index in [2.05, 4.69) is 0 Å². The topological polar surface area (TPSA) is 55.5 Å². The molecule has 1 fully saturated rings. The first-order valence-electron chi connectivity index (χ1n) is 4.61. The summed E-state index contributed by atoms with van der Waals surface area (Å²) in [5.41, 5.74) is 4.95. The van der Waals surface area contributed by atoms with E-state index in [-0.39, 0.29) is 11.8 Å². The SMILES string of the molecule is CC(CN)C1(O)CCOCC1C. The summed E-state index contributed by atoms with van der Waals surface area (Å²) in [6.45, 7) is 5.88. The Balaban J connectivity index is 2.65. The lowest BCUT2D eigenvalue weighted by molar-refractivity contribution is -0.133. The van der Waals surface area contributed by atoms with Gasteiger partial charge in [-0.3, -0.25) is 0 Å². The molecule has 72 valence electrons. The Hall–Kier alpha value is -0.120. The van der Waals surface area contributed by atoms with Gasteiger partial charge in [0.25, 0.3) is 0 Å². The number of rotatable bonds is 2. The lowest BCUT2D eigenvalue weighted by Gasteiger charge is -2.42. The van der Waals surface area contributed by atoms with Crippen LogP contribution in [0.5, 0.6) is 0 Å². The second kappa shape index (κ2) is 3.73. The summed E-state index contributed by atoms with van der Waals surface area (Å²) in [7, 11) is 0. The van der Waals surface area contributed by atoms with E-state index in [1.54, 1.807) is 0 Å². The molecule has 0 spiro atoms. The van der Waals surface area contributed by atoms with Crippen molar-refractivity contribution < 1.29 is 9.84 Å². The summed E-state index contributed by atoms with van der Waals surface area (Å²) in [4.78, 5) is 0. The lowest BCUT2D eigenvalue weighted by Crippen LogP contribution is -2.50. The quantitative estimate of drug-likeness (QED) is 0.634. The van der Waals surface area contributed by atoms with Gasteiger partial charge in [-0.05, 0) is 12.5 Å². The third-order valence-corrected chi connectivity index (χ3v) is 3.08. The van der Waals surface area contributed by atoms with Crippen molar-refractivity contribution in [1.82, 2.24) is 0 Å². The summed E-state index contributed by atoms with van der Waals surface area (Å²) in [6, 6.07) is 0. The Labute approximate surface area is 73.9 Å². The van der Waals surface area contributed by atoms with Crippen LogP contribution >= 0.6 is 0 Å². The van der Waals surface area contributed by atoms with Crippen molar-refractivity contribution in [3.8, 4) is 0 Å². The molecule has 0 bridgehead atoms. The first kappa shape index (κ1) is 9.96. The van der Waals surface area contributed by atoms with Crippen molar-refractivity contribution in [2.45, 2.75) is 25.9 Å². The molecule has 0 radical (unpaired) electrons. The number of aliphatic hydroxyl groups is 1. The molecule has 1 aliphatic rings. The van der Waals surface area contributed by atoms with Crippen LogP contribution in [0, 0.1) is 11.8 Å². The van der Waals surface area contributed by atoms with E-state index in [9.17, 15) is 5.11 Å². The summed E-state index contributed by atoms with van der Waals surface area (Å²) < 4.78 is 5.27. The van der Waals surface area contributed by atoms with Crippen LogP contribution in [0.1, 0.15) is 20.3 Å². The molecule has 0 amide bonds. The van der Waals surface area contributed by atoms with Crippen molar-refractivity contribution in [3.63, 3.8) is 0 Å². The molecule has 0 aromatic heterocycles. The minimum atomic E-state index is -0.604. The van der Waals surface area contributed by atoms with E-state index in [1.807, 2.05) is 13.8 Å². The van der Waals surface area contributed by atoms with Crippen molar-refractivity contribution in [1.29, 1.82) is 0 Å². The lowest BCUT2D eigenvalue weighted by atomic mass is 9.75. The third-order valence-electron chi connectivity index (χ3n) is 3.08. The van der Waals surface area contributed by atoms with Crippen LogP contribution in [0.3, 0.4) is 0 Å². The van der Waals surface area contributed by atoms with Crippen LogP contribution in [0.15, 0.2) is 0 Å². The molecule has 1 rings (SSSR count). The van der Waals surface area contributed by atoms with Crippen LogP contribution in [-0.2, 0) is 4.74 Å². The molecule has 0 aliphatic carbocycles. The average molecular weight is 173 g/mol. The number of hydrogen-bond donors (Lipinski definition) is 2. The number of hydrogen-bond acceptors (Lipinski definition) is 3. The second-order valence-electron chi connectivity index (χ2n) is 3.85. The first-order valence-corrected chi connectivity index (χ1v) is 4.61. The van der Waals surface area contributed by atoms with Gasteiger partial charge in [0.1, 0.15) is 0 Å². The molecule has 1 aliphatic heterocycles. The highest BCUT2D eigenvalue weighted by atomic mass is 16.5. The number of ether oxygens (including phenoxy) is 1. The van der Waals surface area contributed by atoms with Crippen LogP contribution in [0.2, 0.25) is 0 Å². The van der Waals surface area contributed by atoms with E-state index in [0.717, 1.165) is 0 Å². The van der Waals surface area contributed by atoms with Gasteiger partial charge in [-0.25, -0.2) is 0 Å². The summed E-state index contributed by atoms with van der Waals surface area (Å²) in [6.07, 6.45) is 0.715. The van der Waals surface area contributed by atoms with Gasteiger partial charge in [0.2, 0.25) is 0 Å². The van der Waals surface area contributed by atoms with Gasteiger partial charge in [-0.1, -0.05) is 13.8 Å². The van der Waals surface area contributed by atoms with Gasteiger partial charge >= 0.3 is 0 Å². The molecule has 3 nitrogen and oxygen atoms in total. The van der Waals surface area contributed by atoms with Gasteiger partial charge in [0.15, 0.2) is 0 Å². The molecule has 1 heterocycles. The van der Waals surface area contributed by atoms with Gasteiger partial charge in [0, 0.05) is 18.9 Å². The highest BCUT2D eigenvalue weighted by Crippen LogP contribution is 2.32. The molecule has 3 heteroatoms. The minimum Gasteiger partial charge on any atom is -0.389 e. The van der Waals surface area contributed by atoms with Gasteiger partial charge < -0.3 is 15.6 Å². The fraction of sp³-hybridized carbons (Fsp3) is 1.00. The molecule has 3 atom stereocenters. The smallest absolute Gasteiger partial charge is 0.0754 e. The van der Waals surface area contributed by atoms with Crippen LogP contribution in [0.4, 0.5) is 0 Å². The minimum absolute atomic E-state index is 0.163. The van der Waals surface area contributed by atoms with Crippen molar-refractivity contribution in [2.24, 2.45) is 17.6 Å². The normalized spacial score (nSPS) is 39.5. The van der Waals surface area contributed by atoms with Gasteiger partial charge in [0.05, 0.1) is 12.2 Å². The number of nitrogens with two attached hydrogens (primary N) is 1. The maximum atomic E-state index is 10.2. The zero-order valence-corrected chi connectivity index (χ0v) is 7.92. The first-order chi connectivity index (χ1) is 5.61. The highest BCUT2D eigenvalue weighted by molar-refractivity contribution is 4.91. The molecule has 3 N–H and O–H groups in total. The Bertz CT molecular complexity index is 145. The van der Waals surface area contributed by atoms with E-state index in [0.29, 0.717) is 26.2 Å². The standard InChI is InChI=1S/C9H19NO2/c1-7(5-10)9(11)3-4-12-6-8(9)2/h7-8,11H,3-6,10H2,1-2H3. The van der Waals surface area contributed by atoms with Crippen LogP contribution < -0.4 is 5.73 Å². The van der Waals surface area contributed by atoms with E-state index < -0.39 is 5.60 Å². The zero-order valence-electron chi connectivity index (χ0n) is 7.92. The van der Waals surface area contributed by atoms with E-state index >= 15 is 0 Å². The maximum absolute atomic E-state index is 10.2. The molecule has 0 aromatic carbocycles. The molecule has 12 heavy (non-hydrogen) atoms. The van der Waals surface area contributed by atoms with Gasteiger partial charge in [-0.15, -0.1) is 0 Å². The van der Waals surface area contributed by atoms with Crippen LogP contribution in [-0.4, -0.2) is 30.5 Å². The second-order valence-corrected chi connectivity index (χ2v) is 3.85. The van der Waals surface area contributed by atoms with E-state index in [4.69, 9.17) is 10.5 Å². The predicted octanol–water partition coefficient (Wildman–Crippen LogP) is 0.369.